The van der Waals surface area contributed by atoms with Crippen LogP contribution in [0.15, 0.2) is 52.9 Å². The maximum Gasteiger partial charge on any atom is 0.488 e. The van der Waals surface area contributed by atoms with Crippen molar-refractivity contribution in [1.29, 1.82) is 0 Å². The van der Waals surface area contributed by atoms with Crippen LogP contribution >= 0.6 is 23.6 Å². The summed E-state index contributed by atoms with van der Waals surface area (Å²) in [5.41, 5.74) is 9.16. The molecule has 2 rings (SSSR count). The highest BCUT2D eigenvalue weighted by atomic mass is 32.1. The van der Waals surface area contributed by atoms with Crippen molar-refractivity contribution in [3.8, 4) is 0 Å². The minimum Gasteiger partial charge on any atom is -0.423 e. The molecule has 1 aromatic heterocycles. The molecule has 110 valence electrons. The minimum absolute atomic E-state index is 0.186. The van der Waals surface area contributed by atoms with E-state index in [1.54, 1.807) is 35.6 Å². The van der Waals surface area contributed by atoms with Crippen LogP contribution in [0.3, 0.4) is 0 Å². The van der Waals surface area contributed by atoms with Gasteiger partial charge in [0, 0.05) is 4.88 Å². The fourth-order valence-corrected chi connectivity index (χ4v) is 2.03. The fourth-order valence-electron chi connectivity index (χ4n) is 1.30. The zero-order chi connectivity index (χ0) is 15.7. The van der Waals surface area contributed by atoms with Gasteiger partial charge in [-0.1, -0.05) is 36.4 Å². The SMILES string of the molecule is C/C(=N\NC(N)=S)c1cccs1.OB(O)c1ccccc1. The Morgan fingerprint density at radius 3 is 2.33 bits per heavy atom. The number of rotatable bonds is 3. The lowest BCUT2D eigenvalue weighted by Crippen LogP contribution is -2.29. The maximum absolute atomic E-state index is 8.58. The second-order valence-electron chi connectivity index (χ2n) is 3.93. The monoisotopic (exact) mass is 321 g/mol. The topological polar surface area (TPSA) is 90.9 Å². The highest BCUT2D eigenvalue weighted by molar-refractivity contribution is 7.80. The van der Waals surface area contributed by atoms with Crippen molar-refractivity contribution in [3.63, 3.8) is 0 Å². The summed E-state index contributed by atoms with van der Waals surface area (Å²) in [6.07, 6.45) is 0. The van der Waals surface area contributed by atoms with Gasteiger partial charge in [0.25, 0.3) is 0 Å². The molecule has 0 radical (unpaired) electrons. The van der Waals surface area contributed by atoms with Crippen LogP contribution in [0, 0.1) is 0 Å². The van der Waals surface area contributed by atoms with Gasteiger partial charge in [0.1, 0.15) is 0 Å². The van der Waals surface area contributed by atoms with E-state index < -0.39 is 7.12 Å². The zero-order valence-electron chi connectivity index (χ0n) is 11.4. The van der Waals surface area contributed by atoms with E-state index in [-0.39, 0.29) is 5.11 Å². The first-order valence-corrected chi connectivity index (χ1v) is 7.34. The first-order valence-electron chi connectivity index (χ1n) is 6.05. The molecule has 1 aromatic carbocycles. The van der Waals surface area contributed by atoms with Gasteiger partial charge in [-0.2, -0.15) is 5.10 Å². The predicted octanol–water partition coefficient (Wildman–Crippen LogP) is 0.672. The number of hydrogen-bond acceptors (Lipinski definition) is 5. The summed E-state index contributed by atoms with van der Waals surface area (Å²) in [6, 6.07) is 12.6. The summed E-state index contributed by atoms with van der Waals surface area (Å²) in [5.74, 6) is 0. The number of nitrogens with zero attached hydrogens (tertiary/aromatic N) is 1. The maximum atomic E-state index is 8.58. The van der Waals surface area contributed by atoms with Gasteiger partial charge in [0.05, 0.1) is 5.71 Å². The number of thiocarbonyl (C=S) groups is 1. The molecule has 2 aromatic rings. The molecule has 0 aliphatic carbocycles. The van der Waals surface area contributed by atoms with Crippen molar-refractivity contribution >= 4 is 47.0 Å². The highest BCUT2D eigenvalue weighted by Crippen LogP contribution is 2.08. The van der Waals surface area contributed by atoms with Crippen molar-refractivity contribution in [3.05, 3.63) is 52.7 Å². The second-order valence-corrected chi connectivity index (χ2v) is 5.32. The molecular formula is C13H16BN3O2S2. The number of hydrogen-bond donors (Lipinski definition) is 4. The van der Waals surface area contributed by atoms with E-state index >= 15 is 0 Å². The van der Waals surface area contributed by atoms with E-state index in [1.807, 2.05) is 30.5 Å². The summed E-state index contributed by atoms with van der Waals surface area (Å²) >= 11 is 6.23. The average molecular weight is 321 g/mol. The molecule has 0 atom stereocenters. The summed E-state index contributed by atoms with van der Waals surface area (Å²) in [6.45, 7) is 1.90. The van der Waals surface area contributed by atoms with Crippen LogP contribution < -0.4 is 16.6 Å². The Balaban J connectivity index is 0.000000219. The van der Waals surface area contributed by atoms with Crippen molar-refractivity contribution in [2.24, 2.45) is 10.8 Å². The van der Waals surface area contributed by atoms with Crippen molar-refractivity contribution in [1.82, 2.24) is 5.43 Å². The van der Waals surface area contributed by atoms with Crippen LogP contribution in [0.4, 0.5) is 0 Å². The molecule has 0 aliphatic heterocycles. The van der Waals surface area contributed by atoms with Crippen LogP contribution in [-0.2, 0) is 0 Å². The van der Waals surface area contributed by atoms with Gasteiger partial charge < -0.3 is 15.8 Å². The second kappa shape index (κ2) is 9.25. The Morgan fingerprint density at radius 1 is 1.24 bits per heavy atom. The van der Waals surface area contributed by atoms with Gasteiger partial charge in [-0.15, -0.1) is 11.3 Å². The highest BCUT2D eigenvalue weighted by Gasteiger charge is 2.07. The molecule has 0 saturated heterocycles. The molecular weight excluding hydrogens is 305 g/mol. The number of thiophene rings is 1. The third-order valence-electron chi connectivity index (χ3n) is 2.31. The molecule has 0 bridgehead atoms. The number of benzene rings is 1. The summed E-state index contributed by atoms with van der Waals surface area (Å²) in [4.78, 5) is 1.11. The smallest absolute Gasteiger partial charge is 0.423 e. The molecule has 0 aliphatic rings. The van der Waals surface area contributed by atoms with Crippen molar-refractivity contribution in [2.45, 2.75) is 6.92 Å². The number of nitrogens with two attached hydrogens (primary N) is 1. The van der Waals surface area contributed by atoms with Crippen LogP contribution in [0.25, 0.3) is 0 Å². The molecule has 8 heteroatoms. The van der Waals surface area contributed by atoms with Crippen molar-refractivity contribution in [2.75, 3.05) is 0 Å². The molecule has 0 fully saturated rings. The van der Waals surface area contributed by atoms with Crippen molar-refractivity contribution < 1.29 is 10.0 Å². The van der Waals surface area contributed by atoms with Gasteiger partial charge >= 0.3 is 7.12 Å². The van der Waals surface area contributed by atoms with Gasteiger partial charge in [-0.3, -0.25) is 5.43 Å². The summed E-state index contributed by atoms with van der Waals surface area (Å²) in [7, 11) is -1.34. The first kappa shape index (κ1) is 17.3. The molecule has 5 N–H and O–H groups in total. The quantitative estimate of drug-likeness (QED) is 0.289. The van der Waals surface area contributed by atoms with Gasteiger partial charge in [0.15, 0.2) is 5.11 Å². The Labute approximate surface area is 133 Å². The minimum atomic E-state index is -1.34. The van der Waals surface area contributed by atoms with Crippen LogP contribution in [0.2, 0.25) is 0 Å². The van der Waals surface area contributed by atoms with E-state index in [1.165, 1.54) is 0 Å². The Bertz CT molecular complexity index is 574. The molecule has 0 amide bonds. The van der Waals surface area contributed by atoms with Crippen LogP contribution in [0.1, 0.15) is 11.8 Å². The molecule has 0 unspecified atom stereocenters. The average Bonchev–Trinajstić information content (AvgIpc) is 3.00. The molecule has 5 nitrogen and oxygen atoms in total. The Morgan fingerprint density at radius 2 is 1.90 bits per heavy atom. The third kappa shape index (κ3) is 7.00. The number of hydrazone groups is 1. The van der Waals surface area contributed by atoms with Gasteiger partial charge in [0.2, 0.25) is 0 Å². The molecule has 0 saturated carbocycles. The fraction of sp³-hybridized carbons (Fsp3) is 0.0769. The Hall–Kier alpha value is -1.74. The van der Waals surface area contributed by atoms with Crippen LogP contribution in [0.5, 0.6) is 0 Å². The largest absolute Gasteiger partial charge is 0.488 e. The number of nitrogens with one attached hydrogen (secondary N) is 1. The van der Waals surface area contributed by atoms with E-state index in [4.69, 9.17) is 15.8 Å². The van der Waals surface area contributed by atoms with Gasteiger partial charge in [-0.25, -0.2) is 0 Å². The van der Waals surface area contributed by atoms with Gasteiger partial charge in [-0.05, 0) is 36.1 Å². The lowest BCUT2D eigenvalue weighted by Gasteiger charge is -1.97. The van der Waals surface area contributed by atoms with E-state index in [0.717, 1.165) is 10.6 Å². The van der Waals surface area contributed by atoms with E-state index in [9.17, 15) is 0 Å². The molecule has 21 heavy (non-hydrogen) atoms. The summed E-state index contributed by atoms with van der Waals surface area (Å²) in [5, 5.41) is 23.3. The molecule has 1 heterocycles. The predicted molar refractivity (Wildman–Crippen MR) is 92.7 cm³/mol. The molecule has 0 spiro atoms. The standard InChI is InChI=1S/C7H9N3S2.C6H7BO2/c1-5(9-10-7(8)11)6-3-2-4-12-6;8-7(9)6-4-2-1-3-5-6/h2-4H,1H3,(H3,8,10,11);1-5,8-9H/b9-5+;. The van der Waals surface area contributed by atoms with E-state index in [0.29, 0.717) is 5.46 Å². The lowest BCUT2D eigenvalue weighted by molar-refractivity contribution is 0.426. The van der Waals surface area contributed by atoms with Crippen LogP contribution in [-0.4, -0.2) is 28.0 Å². The zero-order valence-corrected chi connectivity index (χ0v) is 13.1. The summed E-state index contributed by atoms with van der Waals surface area (Å²) < 4.78 is 0. The van der Waals surface area contributed by atoms with E-state index in [2.05, 4.69) is 22.7 Å². The first-order chi connectivity index (χ1) is 10.0. The Kier molecular flexibility index (Phi) is 7.62. The lowest BCUT2D eigenvalue weighted by atomic mass is 9.81. The normalized spacial score (nSPS) is 10.3. The third-order valence-corrected chi connectivity index (χ3v) is 3.38.